The lowest BCUT2D eigenvalue weighted by Gasteiger charge is -2.27. The molecule has 32 heavy (non-hydrogen) atoms. The summed E-state index contributed by atoms with van der Waals surface area (Å²) in [5.41, 5.74) is 2.23. The van der Waals surface area contributed by atoms with Crippen LogP contribution < -0.4 is 5.32 Å². The van der Waals surface area contributed by atoms with Crippen molar-refractivity contribution in [3.05, 3.63) is 64.8 Å². The molecule has 1 saturated heterocycles. The SMILES string of the molecule is CCc1ccc(C(=O)Nc2nc(-c3ccc(F)cc3)cs2)cc1S(=O)(=O)N1CCOCC1. The highest BCUT2D eigenvalue weighted by Crippen LogP contribution is 2.27. The van der Waals surface area contributed by atoms with E-state index >= 15 is 0 Å². The Morgan fingerprint density at radius 2 is 1.91 bits per heavy atom. The predicted molar refractivity (Wildman–Crippen MR) is 121 cm³/mol. The number of carbonyl (C=O) groups excluding carboxylic acids is 1. The quantitative estimate of drug-likeness (QED) is 0.586. The maximum Gasteiger partial charge on any atom is 0.257 e. The molecular formula is C22H22FN3O4S2. The molecule has 0 spiro atoms. The van der Waals surface area contributed by atoms with E-state index in [0.717, 1.165) is 5.56 Å². The number of ether oxygens (including phenoxy) is 1. The van der Waals surface area contributed by atoms with Crippen molar-refractivity contribution in [2.75, 3.05) is 31.6 Å². The molecule has 168 valence electrons. The molecule has 10 heteroatoms. The highest BCUT2D eigenvalue weighted by molar-refractivity contribution is 7.89. The molecule has 2 aromatic carbocycles. The number of thiazole rings is 1. The Morgan fingerprint density at radius 3 is 2.59 bits per heavy atom. The van der Waals surface area contributed by atoms with Gasteiger partial charge in [0.05, 0.1) is 23.8 Å². The van der Waals surface area contributed by atoms with Crippen molar-refractivity contribution < 1.29 is 22.3 Å². The second kappa shape index (κ2) is 9.45. The molecule has 0 atom stereocenters. The van der Waals surface area contributed by atoms with Crippen LogP contribution in [-0.2, 0) is 21.2 Å². The summed E-state index contributed by atoms with van der Waals surface area (Å²) in [6.45, 7) is 3.14. The number of morpholine rings is 1. The van der Waals surface area contributed by atoms with Gasteiger partial charge in [-0.25, -0.2) is 17.8 Å². The lowest BCUT2D eigenvalue weighted by atomic mass is 10.1. The van der Waals surface area contributed by atoms with Crippen molar-refractivity contribution in [1.82, 2.24) is 9.29 Å². The second-order valence-corrected chi connectivity index (χ2v) is 9.96. The van der Waals surface area contributed by atoms with Gasteiger partial charge in [0.25, 0.3) is 5.91 Å². The number of aromatic nitrogens is 1. The Bertz CT molecular complexity index is 1220. The van der Waals surface area contributed by atoms with E-state index in [1.807, 2.05) is 6.92 Å². The maximum absolute atomic E-state index is 13.2. The number of rotatable bonds is 6. The Morgan fingerprint density at radius 1 is 1.19 bits per heavy atom. The van der Waals surface area contributed by atoms with Gasteiger partial charge in [-0.1, -0.05) is 13.0 Å². The number of sulfonamides is 1. The van der Waals surface area contributed by atoms with E-state index in [1.54, 1.807) is 29.6 Å². The van der Waals surface area contributed by atoms with Gasteiger partial charge in [-0.3, -0.25) is 10.1 Å². The zero-order valence-electron chi connectivity index (χ0n) is 17.4. The third kappa shape index (κ3) is 4.73. The smallest absolute Gasteiger partial charge is 0.257 e. The first kappa shape index (κ1) is 22.5. The van der Waals surface area contributed by atoms with Gasteiger partial charge < -0.3 is 4.74 Å². The van der Waals surface area contributed by atoms with Gasteiger partial charge >= 0.3 is 0 Å². The Kier molecular flexibility index (Phi) is 6.66. The third-order valence-corrected chi connectivity index (χ3v) is 7.90. The number of benzene rings is 2. The number of hydrogen-bond acceptors (Lipinski definition) is 6. The van der Waals surface area contributed by atoms with Crippen molar-refractivity contribution >= 4 is 32.4 Å². The second-order valence-electron chi connectivity index (χ2n) is 7.19. The zero-order valence-corrected chi connectivity index (χ0v) is 19.0. The van der Waals surface area contributed by atoms with Crippen LogP contribution in [0, 0.1) is 5.82 Å². The van der Waals surface area contributed by atoms with E-state index in [1.165, 1.54) is 33.8 Å². The summed E-state index contributed by atoms with van der Waals surface area (Å²) in [5.74, 6) is -0.790. The van der Waals surface area contributed by atoms with E-state index < -0.39 is 15.9 Å². The van der Waals surface area contributed by atoms with Crippen LogP contribution in [0.4, 0.5) is 9.52 Å². The van der Waals surface area contributed by atoms with Crippen molar-refractivity contribution in [3.63, 3.8) is 0 Å². The number of hydrogen-bond donors (Lipinski definition) is 1. The van der Waals surface area contributed by atoms with Gasteiger partial charge in [-0.15, -0.1) is 11.3 Å². The maximum atomic E-state index is 13.2. The van der Waals surface area contributed by atoms with Crippen LogP contribution in [0.3, 0.4) is 0 Å². The van der Waals surface area contributed by atoms with Crippen LogP contribution in [0.25, 0.3) is 11.3 Å². The molecule has 0 saturated carbocycles. The minimum Gasteiger partial charge on any atom is -0.379 e. The molecule has 2 heterocycles. The Labute approximate surface area is 189 Å². The van der Waals surface area contributed by atoms with Crippen LogP contribution in [0.15, 0.2) is 52.7 Å². The van der Waals surface area contributed by atoms with E-state index in [-0.39, 0.29) is 29.4 Å². The van der Waals surface area contributed by atoms with Crippen LogP contribution in [0.5, 0.6) is 0 Å². The molecular weight excluding hydrogens is 453 g/mol. The number of amides is 1. The standard InChI is InChI=1S/C22H22FN3O4S2/c1-2-15-3-4-17(13-20(15)32(28,29)26-9-11-30-12-10-26)21(27)25-22-24-19(14-31-22)16-5-7-18(23)8-6-16/h3-8,13-14H,2,9-12H2,1H3,(H,24,25,27). The minimum absolute atomic E-state index is 0.140. The summed E-state index contributed by atoms with van der Waals surface area (Å²) in [6.07, 6.45) is 0.522. The molecule has 1 fully saturated rings. The summed E-state index contributed by atoms with van der Waals surface area (Å²) < 4.78 is 46.2. The molecule has 0 aliphatic carbocycles. The van der Waals surface area contributed by atoms with E-state index in [9.17, 15) is 17.6 Å². The summed E-state index contributed by atoms with van der Waals surface area (Å²) in [5, 5.41) is 4.85. The van der Waals surface area contributed by atoms with Gasteiger partial charge in [0.1, 0.15) is 5.82 Å². The highest BCUT2D eigenvalue weighted by Gasteiger charge is 2.29. The Hall–Kier alpha value is -2.66. The lowest BCUT2D eigenvalue weighted by Crippen LogP contribution is -2.41. The van der Waals surface area contributed by atoms with E-state index in [0.29, 0.717) is 36.0 Å². The predicted octanol–water partition coefficient (Wildman–Crippen LogP) is 3.78. The van der Waals surface area contributed by atoms with Crippen LogP contribution in [0.1, 0.15) is 22.8 Å². The molecule has 0 unspecified atom stereocenters. The van der Waals surface area contributed by atoms with Crippen LogP contribution >= 0.6 is 11.3 Å². The average Bonchev–Trinajstić information content (AvgIpc) is 3.28. The average molecular weight is 476 g/mol. The first-order valence-corrected chi connectivity index (χ1v) is 12.4. The summed E-state index contributed by atoms with van der Waals surface area (Å²) in [4.78, 5) is 17.4. The molecule has 1 amide bonds. The molecule has 1 aromatic heterocycles. The molecule has 1 N–H and O–H groups in total. The highest BCUT2D eigenvalue weighted by atomic mass is 32.2. The number of halogens is 1. The largest absolute Gasteiger partial charge is 0.379 e. The number of anilines is 1. The van der Waals surface area contributed by atoms with Gasteiger partial charge in [0.15, 0.2) is 5.13 Å². The number of aryl methyl sites for hydroxylation is 1. The van der Waals surface area contributed by atoms with Gasteiger partial charge in [0, 0.05) is 29.6 Å². The van der Waals surface area contributed by atoms with Crippen molar-refractivity contribution in [3.8, 4) is 11.3 Å². The summed E-state index contributed by atoms with van der Waals surface area (Å²) >= 11 is 1.23. The zero-order chi connectivity index (χ0) is 22.7. The third-order valence-electron chi connectivity index (χ3n) is 5.16. The fourth-order valence-electron chi connectivity index (χ4n) is 3.41. The van der Waals surface area contributed by atoms with Crippen LogP contribution in [-0.4, -0.2) is 49.9 Å². The summed E-state index contributed by atoms with van der Waals surface area (Å²) in [7, 11) is -3.74. The van der Waals surface area contributed by atoms with Gasteiger partial charge in [-0.2, -0.15) is 4.31 Å². The number of carbonyl (C=O) groups is 1. The monoisotopic (exact) mass is 475 g/mol. The molecule has 7 nitrogen and oxygen atoms in total. The van der Waals surface area contributed by atoms with Crippen molar-refractivity contribution in [2.45, 2.75) is 18.2 Å². The Balaban J connectivity index is 1.57. The molecule has 1 aliphatic rings. The molecule has 3 aromatic rings. The molecule has 0 bridgehead atoms. The topological polar surface area (TPSA) is 88.6 Å². The molecule has 1 aliphatic heterocycles. The number of nitrogens with zero attached hydrogens (tertiary/aromatic N) is 2. The van der Waals surface area contributed by atoms with Crippen LogP contribution in [0.2, 0.25) is 0 Å². The lowest BCUT2D eigenvalue weighted by molar-refractivity contribution is 0.0730. The van der Waals surface area contributed by atoms with Crippen molar-refractivity contribution in [2.24, 2.45) is 0 Å². The molecule has 0 radical (unpaired) electrons. The summed E-state index contributed by atoms with van der Waals surface area (Å²) in [6, 6.07) is 10.6. The van der Waals surface area contributed by atoms with Gasteiger partial charge in [0.2, 0.25) is 10.0 Å². The first-order valence-electron chi connectivity index (χ1n) is 10.1. The molecule has 4 rings (SSSR count). The fraction of sp³-hybridized carbons (Fsp3) is 0.273. The normalized spacial score (nSPS) is 14.9. The fourth-order valence-corrected chi connectivity index (χ4v) is 5.85. The minimum atomic E-state index is -3.74. The van der Waals surface area contributed by atoms with E-state index in [4.69, 9.17) is 4.74 Å². The first-order chi connectivity index (χ1) is 15.4. The number of nitrogens with one attached hydrogen (secondary N) is 1. The van der Waals surface area contributed by atoms with Crippen molar-refractivity contribution in [1.29, 1.82) is 0 Å². The van der Waals surface area contributed by atoms with Gasteiger partial charge in [-0.05, 0) is 48.4 Å². The van der Waals surface area contributed by atoms with E-state index in [2.05, 4.69) is 10.3 Å².